The van der Waals surface area contributed by atoms with Crippen LogP contribution in [0.1, 0.15) is 34.4 Å². The van der Waals surface area contributed by atoms with Crippen molar-refractivity contribution in [2.45, 2.75) is 26.2 Å². The average Bonchev–Trinajstić information content (AvgIpc) is 3.08. The Morgan fingerprint density at radius 1 is 1.50 bits per heavy atom. The van der Waals surface area contributed by atoms with Crippen molar-refractivity contribution in [3.8, 4) is 11.5 Å². The number of amides is 1. The third-order valence-electron chi connectivity index (χ3n) is 4.05. The van der Waals surface area contributed by atoms with E-state index in [9.17, 15) is 4.79 Å². The van der Waals surface area contributed by atoms with Gasteiger partial charge in [0.1, 0.15) is 5.69 Å². The van der Waals surface area contributed by atoms with Gasteiger partial charge in [0.2, 0.25) is 0 Å². The summed E-state index contributed by atoms with van der Waals surface area (Å²) in [5.41, 5.74) is 1.64. The van der Waals surface area contributed by atoms with E-state index in [-0.39, 0.29) is 11.8 Å². The van der Waals surface area contributed by atoms with Crippen LogP contribution in [0.5, 0.6) is 11.5 Å². The van der Waals surface area contributed by atoms with Gasteiger partial charge in [-0.05, 0) is 30.9 Å². The van der Waals surface area contributed by atoms with Crippen molar-refractivity contribution >= 4 is 17.2 Å². The van der Waals surface area contributed by atoms with E-state index in [0.29, 0.717) is 18.8 Å². The molecule has 2 aromatic rings. The Bertz CT molecular complexity index is 714. The van der Waals surface area contributed by atoms with E-state index < -0.39 is 0 Å². The highest BCUT2D eigenvalue weighted by Gasteiger charge is 2.23. The molecule has 5 nitrogen and oxygen atoms in total. The molecule has 3 rings (SSSR count). The van der Waals surface area contributed by atoms with Crippen LogP contribution >= 0.6 is 11.3 Å². The molecule has 2 heterocycles. The first-order valence-electron chi connectivity index (χ1n) is 8.22. The summed E-state index contributed by atoms with van der Waals surface area (Å²) in [6, 6.07) is 5.91. The summed E-state index contributed by atoms with van der Waals surface area (Å²) in [5, 5.41) is 5.83. The van der Waals surface area contributed by atoms with Crippen LogP contribution in [0.4, 0.5) is 0 Å². The molecule has 0 aliphatic carbocycles. The largest absolute Gasteiger partial charge is 0.493 e. The Morgan fingerprint density at radius 3 is 3.17 bits per heavy atom. The zero-order valence-corrected chi connectivity index (χ0v) is 14.8. The molecule has 1 unspecified atom stereocenters. The van der Waals surface area contributed by atoms with E-state index in [1.165, 1.54) is 0 Å². The molecule has 0 saturated heterocycles. The highest BCUT2D eigenvalue weighted by Crippen LogP contribution is 2.35. The maximum absolute atomic E-state index is 12.2. The Labute approximate surface area is 146 Å². The van der Waals surface area contributed by atoms with E-state index in [1.54, 1.807) is 18.4 Å². The van der Waals surface area contributed by atoms with Crippen molar-refractivity contribution in [2.24, 2.45) is 5.92 Å². The van der Waals surface area contributed by atoms with Crippen LogP contribution in [0.15, 0.2) is 23.6 Å². The topological polar surface area (TPSA) is 60.5 Å². The maximum atomic E-state index is 12.2. The lowest BCUT2D eigenvalue weighted by atomic mass is 9.96. The molecule has 1 atom stereocenters. The molecule has 0 bridgehead atoms. The first-order chi connectivity index (χ1) is 11.7. The van der Waals surface area contributed by atoms with E-state index in [4.69, 9.17) is 9.47 Å². The number of thiazole rings is 1. The van der Waals surface area contributed by atoms with Crippen molar-refractivity contribution in [1.29, 1.82) is 0 Å². The fourth-order valence-corrected chi connectivity index (χ4v) is 3.70. The van der Waals surface area contributed by atoms with Crippen LogP contribution in [0.25, 0.3) is 0 Å². The van der Waals surface area contributed by atoms with Gasteiger partial charge in [0.25, 0.3) is 5.91 Å². The number of para-hydroxylation sites is 1. The second kappa shape index (κ2) is 7.66. The number of hydrogen-bond acceptors (Lipinski definition) is 5. The molecule has 1 aliphatic rings. The van der Waals surface area contributed by atoms with Crippen LogP contribution in [0, 0.1) is 5.92 Å². The fraction of sp³-hybridized carbons (Fsp3) is 0.444. The van der Waals surface area contributed by atoms with Crippen molar-refractivity contribution in [3.05, 3.63) is 39.8 Å². The van der Waals surface area contributed by atoms with Gasteiger partial charge < -0.3 is 14.8 Å². The van der Waals surface area contributed by atoms with Gasteiger partial charge in [-0.15, -0.1) is 11.3 Å². The van der Waals surface area contributed by atoms with E-state index in [0.717, 1.165) is 41.3 Å². The first kappa shape index (κ1) is 16.8. The SMILES string of the molecule is CCCc1nc(C(=O)NCC2COc3c(cccc3OC)C2)cs1. The molecule has 1 aromatic heterocycles. The molecule has 24 heavy (non-hydrogen) atoms. The van der Waals surface area contributed by atoms with Crippen molar-refractivity contribution < 1.29 is 14.3 Å². The summed E-state index contributed by atoms with van der Waals surface area (Å²) >= 11 is 1.55. The highest BCUT2D eigenvalue weighted by molar-refractivity contribution is 7.09. The normalized spacial score (nSPS) is 16.2. The summed E-state index contributed by atoms with van der Waals surface area (Å²) in [7, 11) is 1.64. The Kier molecular flexibility index (Phi) is 5.35. The minimum absolute atomic E-state index is 0.106. The standard InChI is InChI=1S/C18H22N2O3S/c1-3-5-16-20-14(11-24-16)18(21)19-9-12-8-13-6-4-7-15(22-2)17(13)23-10-12/h4,6-7,11-12H,3,5,8-10H2,1-2H3,(H,19,21). The van der Waals surface area contributed by atoms with Crippen molar-refractivity contribution in [3.63, 3.8) is 0 Å². The molecule has 0 fully saturated rings. The van der Waals surface area contributed by atoms with Gasteiger partial charge in [0, 0.05) is 17.8 Å². The number of hydrogen-bond donors (Lipinski definition) is 1. The van der Waals surface area contributed by atoms with Crippen LogP contribution < -0.4 is 14.8 Å². The number of methoxy groups -OCH3 is 1. The predicted octanol–water partition coefficient (Wildman–Crippen LogP) is 3.09. The van der Waals surface area contributed by atoms with Crippen LogP contribution in [0.3, 0.4) is 0 Å². The number of carbonyl (C=O) groups is 1. The van der Waals surface area contributed by atoms with Gasteiger partial charge in [-0.1, -0.05) is 19.1 Å². The van der Waals surface area contributed by atoms with Gasteiger partial charge in [-0.25, -0.2) is 4.98 Å². The number of nitrogens with one attached hydrogen (secondary N) is 1. The second-order valence-corrected chi connectivity index (χ2v) is 6.86. The minimum atomic E-state index is -0.106. The summed E-state index contributed by atoms with van der Waals surface area (Å²) in [6.07, 6.45) is 2.83. The van der Waals surface area contributed by atoms with Gasteiger partial charge in [-0.2, -0.15) is 0 Å². The van der Waals surface area contributed by atoms with Crippen LogP contribution in [-0.2, 0) is 12.8 Å². The summed E-state index contributed by atoms with van der Waals surface area (Å²) in [4.78, 5) is 16.6. The van der Waals surface area contributed by atoms with Gasteiger partial charge in [0.05, 0.1) is 18.7 Å². The molecule has 0 radical (unpaired) electrons. The highest BCUT2D eigenvalue weighted by atomic mass is 32.1. The van der Waals surface area contributed by atoms with E-state index in [1.807, 2.05) is 23.6 Å². The number of carbonyl (C=O) groups excluding carboxylic acids is 1. The van der Waals surface area contributed by atoms with Crippen LogP contribution in [-0.4, -0.2) is 31.2 Å². The zero-order chi connectivity index (χ0) is 16.9. The van der Waals surface area contributed by atoms with Crippen molar-refractivity contribution in [2.75, 3.05) is 20.3 Å². The van der Waals surface area contributed by atoms with E-state index in [2.05, 4.69) is 17.2 Å². The van der Waals surface area contributed by atoms with Crippen molar-refractivity contribution in [1.82, 2.24) is 10.3 Å². The number of benzene rings is 1. The second-order valence-electron chi connectivity index (χ2n) is 5.92. The Hall–Kier alpha value is -2.08. The third-order valence-corrected chi connectivity index (χ3v) is 4.96. The number of nitrogens with zero attached hydrogens (tertiary/aromatic N) is 1. The molecule has 0 saturated carbocycles. The Balaban J connectivity index is 1.56. The molecule has 1 N–H and O–H groups in total. The molecule has 6 heteroatoms. The quantitative estimate of drug-likeness (QED) is 0.873. The summed E-state index contributed by atoms with van der Waals surface area (Å²) in [5.74, 6) is 1.74. The molecule has 1 amide bonds. The number of aryl methyl sites for hydroxylation is 1. The third kappa shape index (κ3) is 3.70. The molecule has 0 spiro atoms. The smallest absolute Gasteiger partial charge is 0.270 e. The lowest BCUT2D eigenvalue weighted by Crippen LogP contribution is -2.35. The molecule has 1 aromatic carbocycles. The van der Waals surface area contributed by atoms with Gasteiger partial charge in [-0.3, -0.25) is 4.79 Å². The summed E-state index contributed by atoms with van der Waals surface area (Å²) in [6.45, 7) is 3.26. The molecule has 1 aliphatic heterocycles. The van der Waals surface area contributed by atoms with Gasteiger partial charge >= 0.3 is 0 Å². The van der Waals surface area contributed by atoms with Crippen LogP contribution in [0.2, 0.25) is 0 Å². The fourth-order valence-electron chi connectivity index (χ4n) is 2.82. The lowest BCUT2D eigenvalue weighted by molar-refractivity contribution is 0.0934. The monoisotopic (exact) mass is 346 g/mol. The molecule has 128 valence electrons. The molecular formula is C18H22N2O3S. The zero-order valence-electron chi connectivity index (χ0n) is 14.0. The number of ether oxygens (including phenoxy) is 2. The van der Waals surface area contributed by atoms with E-state index >= 15 is 0 Å². The number of aromatic nitrogens is 1. The lowest BCUT2D eigenvalue weighted by Gasteiger charge is -2.26. The first-order valence-corrected chi connectivity index (χ1v) is 9.10. The average molecular weight is 346 g/mol. The number of fused-ring (bicyclic) bond motifs is 1. The Morgan fingerprint density at radius 2 is 2.38 bits per heavy atom. The minimum Gasteiger partial charge on any atom is -0.493 e. The number of rotatable bonds is 6. The maximum Gasteiger partial charge on any atom is 0.270 e. The predicted molar refractivity (Wildman–Crippen MR) is 94.1 cm³/mol. The van der Waals surface area contributed by atoms with Gasteiger partial charge in [0.15, 0.2) is 11.5 Å². The summed E-state index contributed by atoms with van der Waals surface area (Å²) < 4.78 is 11.2. The molecular weight excluding hydrogens is 324 g/mol.